The third-order valence-electron chi connectivity index (χ3n) is 2.68. The molecule has 5 heteroatoms. The maximum atomic E-state index is 13.5. The van der Waals surface area contributed by atoms with Gasteiger partial charge in [0, 0.05) is 5.56 Å². The van der Waals surface area contributed by atoms with Crippen LogP contribution in [0.2, 0.25) is 5.02 Å². The first kappa shape index (κ1) is 14.3. The van der Waals surface area contributed by atoms with Crippen molar-refractivity contribution in [2.75, 3.05) is 13.7 Å². The molecule has 2 aromatic carbocycles. The molecule has 0 unspecified atom stereocenters. The largest absolute Gasteiger partial charge is 0.497 e. The van der Waals surface area contributed by atoms with E-state index in [1.807, 2.05) is 0 Å². The fraction of sp³-hybridized carbons (Fsp3) is 0.133. The molecule has 3 nitrogen and oxygen atoms in total. The minimum Gasteiger partial charge on any atom is -0.497 e. The minimum absolute atomic E-state index is 0.115. The molecule has 0 atom stereocenters. The molecule has 0 heterocycles. The van der Waals surface area contributed by atoms with Crippen LogP contribution in [0.4, 0.5) is 4.39 Å². The van der Waals surface area contributed by atoms with Crippen LogP contribution in [0.15, 0.2) is 42.5 Å². The van der Waals surface area contributed by atoms with Gasteiger partial charge in [0.15, 0.2) is 24.0 Å². The molecular formula is C15H12ClFO3. The highest BCUT2D eigenvalue weighted by Crippen LogP contribution is 2.27. The summed E-state index contributed by atoms with van der Waals surface area (Å²) in [6, 6.07) is 10.8. The van der Waals surface area contributed by atoms with Crippen LogP contribution in [0, 0.1) is 5.82 Å². The van der Waals surface area contributed by atoms with Gasteiger partial charge in [-0.15, -0.1) is 0 Å². The van der Waals surface area contributed by atoms with Crippen molar-refractivity contribution in [1.29, 1.82) is 0 Å². The second kappa shape index (κ2) is 6.39. The van der Waals surface area contributed by atoms with Gasteiger partial charge in [0.25, 0.3) is 0 Å². The zero-order valence-corrected chi connectivity index (χ0v) is 11.5. The molecular weight excluding hydrogens is 283 g/mol. The Morgan fingerprint density at radius 3 is 2.50 bits per heavy atom. The number of ketones is 1. The van der Waals surface area contributed by atoms with Gasteiger partial charge in [-0.05, 0) is 36.4 Å². The van der Waals surface area contributed by atoms with Crippen LogP contribution in [-0.2, 0) is 0 Å². The summed E-state index contributed by atoms with van der Waals surface area (Å²) in [5, 5.41) is 0.132. The Labute approximate surface area is 120 Å². The first-order valence-electron chi connectivity index (χ1n) is 5.86. The molecule has 0 radical (unpaired) electrons. The van der Waals surface area contributed by atoms with Crippen LogP contribution in [0.25, 0.3) is 0 Å². The van der Waals surface area contributed by atoms with Gasteiger partial charge in [-0.2, -0.15) is 0 Å². The van der Waals surface area contributed by atoms with Crippen molar-refractivity contribution in [3.8, 4) is 11.5 Å². The van der Waals surface area contributed by atoms with E-state index in [9.17, 15) is 9.18 Å². The lowest BCUT2D eigenvalue weighted by molar-refractivity contribution is 0.0919. The van der Waals surface area contributed by atoms with Crippen LogP contribution in [0.3, 0.4) is 0 Å². The third-order valence-corrected chi connectivity index (χ3v) is 2.98. The van der Waals surface area contributed by atoms with Crippen LogP contribution in [0.1, 0.15) is 10.4 Å². The average Bonchev–Trinajstić information content (AvgIpc) is 2.46. The van der Waals surface area contributed by atoms with E-state index in [0.29, 0.717) is 11.3 Å². The Hall–Kier alpha value is -2.07. The van der Waals surface area contributed by atoms with E-state index in [1.54, 1.807) is 31.4 Å². The van der Waals surface area contributed by atoms with Crippen LogP contribution < -0.4 is 9.47 Å². The van der Waals surface area contributed by atoms with E-state index in [-0.39, 0.29) is 23.2 Å². The van der Waals surface area contributed by atoms with Gasteiger partial charge < -0.3 is 9.47 Å². The number of hydrogen-bond acceptors (Lipinski definition) is 3. The van der Waals surface area contributed by atoms with E-state index in [1.165, 1.54) is 18.2 Å². The Balaban J connectivity index is 2.04. The fourth-order valence-corrected chi connectivity index (χ4v) is 1.84. The van der Waals surface area contributed by atoms with Gasteiger partial charge >= 0.3 is 0 Å². The molecule has 2 aromatic rings. The summed E-state index contributed by atoms with van der Waals surface area (Å²) in [7, 11) is 1.54. The highest BCUT2D eigenvalue weighted by molar-refractivity contribution is 6.32. The van der Waals surface area contributed by atoms with Gasteiger partial charge in [0.05, 0.1) is 12.1 Å². The first-order valence-corrected chi connectivity index (χ1v) is 6.23. The maximum absolute atomic E-state index is 13.5. The van der Waals surface area contributed by atoms with Gasteiger partial charge in [-0.3, -0.25) is 4.79 Å². The zero-order valence-electron chi connectivity index (χ0n) is 10.7. The molecule has 0 fully saturated rings. The highest BCUT2D eigenvalue weighted by atomic mass is 35.5. The summed E-state index contributed by atoms with van der Waals surface area (Å²) in [5.74, 6) is -0.331. The number of carbonyl (C=O) groups excluding carboxylic acids is 1. The summed E-state index contributed by atoms with van der Waals surface area (Å²) >= 11 is 5.81. The van der Waals surface area contributed by atoms with Crippen molar-refractivity contribution in [1.82, 2.24) is 0 Å². The lowest BCUT2D eigenvalue weighted by atomic mass is 10.1. The predicted molar refractivity (Wildman–Crippen MR) is 74.2 cm³/mol. The minimum atomic E-state index is -0.597. The summed E-state index contributed by atoms with van der Waals surface area (Å²) < 4.78 is 23.6. The van der Waals surface area contributed by atoms with Gasteiger partial charge in [-0.1, -0.05) is 17.7 Å². The molecule has 0 aliphatic heterocycles. The second-order valence-corrected chi connectivity index (χ2v) is 4.40. The summed E-state index contributed by atoms with van der Waals surface area (Å²) in [4.78, 5) is 11.9. The maximum Gasteiger partial charge on any atom is 0.200 e. The molecule has 20 heavy (non-hydrogen) atoms. The molecule has 0 spiro atoms. The van der Waals surface area contributed by atoms with Crippen molar-refractivity contribution in [2.24, 2.45) is 0 Å². The molecule has 0 saturated carbocycles. The number of halogens is 2. The Morgan fingerprint density at radius 2 is 1.90 bits per heavy atom. The molecule has 0 bridgehead atoms. The van der Waals surface area contributed by atoms with Crippen molar-refractivity contribution < 1.29 is 18.7 Å². The van der Waals surface area contributed by atoms with Crippen molar-refractivity contribution >= 4 is 17.4 Å². The van der Waals surface area contributed by atoms with Crippen LogP contribution >= 0.6 is 11.6 Å². The number of methoxy groups -OCH3 is 1. The van der Waals surface area contributed by atoms with Crippen molar-refractivity contribution in [3.63, 3.8) is 0 Å². The number of carbonyl (C=O) groups is 1. The molecule has 0 aromatic heterocycles. The monoisotopic (exact) mass is 294 g/mol. The highest BCUT2D eigenvalue weighted by Gasteiger charge is 2.12. The number of benzene rings is 2. The Kier molecular flexibility index (Phi) is 4.58. The van der Waals surface area contributed by atoms with Crippen LogP contribution in [0.5, 0.6) is 11.5 Å². The summed E-state index contributed by atoms with van der Waals surface area (Å²) in [6.45, 7) is -0.285. The number of Topliss-reactive ketones (excluding diaryl/α,β-unsaturated/α-hetero) is 1. The normalized spacial score (nSPS) is 10.2. The Morgan fingerprint density at radius 1 is 1.20 bits per heavy atom. The number of rotatable bonds is 5. The Bertz CT molecular complexity index is 591. The van der Waals surface area contributed by atoms with Crippen LogP contribution in [-0.4, -0.2) is 19.5 Å². The second-order valence-electron chi connectivity index (χ2n) is 3.99. The van der Waals surface area contributed by atoms with E-state index < -0.39 is 5.82 Å². The molecule has 0 amide bonds. The number of hydrogen-bond donors (Lipinski definition) is 0. The standard InChI is InChI=1S/C15H12ClFO3/c1-19-11-7-5-10(6-8-11)14(18)9-20-15-12(16)3-2-4-13(15)17/h2-8H,9H2,1H3. The molecule has 0 saturated heterocycles. The molecule has 0 N–H and O–H groups in total. The fourth-order valence-electron chi connectivity index (χ4n) is 1.62. The van der Waals surface area contributed by atoms with E-state index in [4.69, 9.17) is 21.1 Å². The third kappa shape index (κ3) is 3.27. The molecule has 0 aliphatic rings. The van der Waals surface area contributed by atoms with E-state index >= 15 is 0 Å². The zero-order chi connectivity index (χ0) is 14.5. The topological polar surface area (TPSA) is 35.5 Å². The van der Waals surface area contributed by atoms with Gasteiger partial charge in [0.1, 0.15) is 5.75 Å². The lowest BCUT2D eigenvalue weighted by Gasteiger charge is -2.08. The predicted octanol–water partition coefficient (Wildman–Crippen LogP) is 3.75. The molecule has 0 aliphatic carbocycles. The average molecular weight is 295 g/mol. The number of ether oxygens (including phenoxy) is 2. The van der Waals surface area contributed by atoms with E-state index in [0.717, 1.165) is 0 Å². The SMILES string of the molecule is COc1ccc(C(=O)COc2c(F)cccc2Cl)cc1. The van der Waals surface area contributed by atoms with Crippen molar-refractivity contribution in [3.05, 3.63) is 58.9 Å². The quantitative estimate of drug-likeness (QED) is 0.788. The smallest absolute Gasteiger partial charge is 0.200 e. The summed E-state index contributed by atoms with van der Waals surface area (Å²) in [6.07, 6.45) is 0. The molecule has 104 valence electrons. The first-order chi connectivity index (χ1) is 9.61. The van der Waals surface area contributed by atoms with E-state index in [2.05, 4.69) is 0 Å². The number of para-hydroxylation sites is 1. The summed E-state index contributed by atoms with van der Waals surface area (Å²) in [5.41, 5.74) is 0.457. The van der Waals surface area contributed by atoms with Gasteiger partial charge in [0.2, 0.25) is 0 Å². The lowest BCUT2D eigenvalue weighted by Crippen LogP contribution is -2.12. The van der Waals surface area contributed by atoms with Gasteiger partial charge in [-0.25, -0.2) is 4.39 Å². The van der Waals surface area contributed by atoms with Crippen molar-refractivity contribution in [2.45, 2.75) is 0 Å². The molecule has 2 rings (SSSR count).